The van der Waals surface area contributed by atoms with Gasteiger partial charge in [-0.2, -0.15) is 0 Å². The van der Waals surface area contributed by atoms with Crippen molar-refractivity contribution in [3.63, 3.8) is 0 Å². The Hall–Kier alpha value is -1.34. The minimum absolute atomic E-state index is 0.0658. The van der Waals surface area contributed by atoms with Crippen LogP contribution in [-0.2, 0) is 9.53 Å². The van der Waals surface area contributed by atoms with E-state index in [1.807, 2.05) is 0 Å². The summed E-state index contributed by atoms with van der Waals surface area (Å²) in [5.41, 5.74) is 4.97. The van der Waals surface area contributed by atoms with Gasteiger partial charge in [-0.15, -0.1) is 0 Å². The number of nitrogens with one attached hydrogen (secondary N) is 2. The predicted octanol–water partition coefficient (Wildman–Crippen LogP) is -1.20. The second-order valence-electron chi connectivity index (χ2n) is 4.08. The topological polar surface area (TPSA) is 114 Å². The molecular formula is C10H21N3O4. The van der Waals surface area contributed by atoms with Crippen LogP contribution in [0.25, 0.3) is 0 Å². The maximum atomic E-state index is 11.7. The number of aliphatic hydroxyl groups is 1. The standard InChI is InChI=1S/C10H21N3O4/c1-6(2)8(13-10(11)16)9(15)12-4-7(14)5-17-3/h6-8,14H,4-5H2,1-3H3,(H,12,15)(H3,11,13,16). The number of methoxy groups -OCH3 is 1. The minimum atomic E-state index is -0.773. The van der Waals surface area contributed by atoms with E-state index in [4.69, 9.17) is 10.5 Å². The molecule has 0 radical (unpaired) electrons. The lowest BCUT2D eigenvalue weighted by atomic mass is 10.0. The summed E-state index contributed by atoms with van der Waals surface area (Å²) in [6.07, 6.45) is -0.773. The van der Waals surface area contributed by atoms with Gasteiger partial charge in [0.25, 0.3) is 0 Å². The van der Waals surface area contributed by atoms with Crippen molar-refractivity contribution in [2.75, 3.05) is 20.3 Å². The molecule has 0 aromatic rings. The molecule has 17 heavy (non-hydrogen) atoms. The predicted molar refractivity (Wildman–Crippen MR) is 62.2 cm³/mol. The first kappa shape index (κ1) is 15.7. The number of rotatable bonds is 7. The second-order valence-corrected chi connectivity index (χ2v) is 4.08. The molecule has 0 bridgehead atoms. The highest BCUT2D eigenvalue weighted by Gasteiger charge is 2.23. The lowest BCUT2D eigenvalue weighted by molar-refractivity contribution is -0.124. The van der Waals surface area contributed by atoms with E-state index in [1.165, 1.54) is 7.11 Å². The number of aliphatic hydroxyl groups excluding tert-OH is 1. The first-order valence-electron chi connectivity index (χ1n) is 5.39. The van der Waals surface area contributed by atoms with Crippen molar-refractivity contribution in [1.29, 1.82) is 0 Å². The van der Waals surface area contributed by atoms with Gasteiger partial charge in [-0.3, -0.25) is 4.79 Å². The smallest absolute Gasteiger partial charge is 0.312 e. The van der Waals surface area contributed by atoms with Crippen LogP contribution in [0.15, 0.2) is 0 Å². The van der Waals surface area contributed by atoms with Gasteiger partial charge >= 0.3 is 6.03 Å². The van der Waals surface area contributed by atoms with Crippen molar-refractivity contribution in [1.82, 2.24) is 10.6 Å². The molecule has 3 amide bonds. The Kier molecular flexibility index (Phi) is 7.24. The van der Waals surface area contributed by atoms with E-state index < -0.39 is 18.2 Å². The third-order valence-corrected chi connectivity index (χ3v) is 2.12. The summed E-state index contributed by atoms with van der Waals surface area (Å²) in [5, 5.41) is 14.2. The van der Waals surface area contributed by atoms with Crippen LogP contribution < -0.4 is 16.4 Å². The monoisotopic (exact) mass is 247 g/mol. The van der Waals surface area contributed by atoms with Crippen LogP contribution in [0.4, 0.5) is 4.79 Å². The summed E-state index contributed by atoms with van der Waals surface area (Å²) in [4.78, 5) is 22.4. The summed E-state index contributed by atoms with van der Waals surface area (Å²) in [6.45, 7) is 3.77. The Morgan fingerprint density at radius 3 is 2.41 bits per heavy atom. The molecule has 0 aromatic heterocycles. The maximum Gasteiger partial charge on any atom is 0.312 e. The largest absolute Gasteiger partial charge is 0.389 e. The molecule has 0 spiro atoms. The number of carbonyl (C=O) groups is 2. The highest BCUT2D eigenvalue weighted by atomic mass is 16.5. The SMILES string of the molecule is COCC(O)CNC(=O)C(NC(N)=O)C(C)C. The number of nitrogens with two attached hydrogens (primary N) is 1. The summed E-state index contributed by atoms with van der Waals surface area (Å²) in [7, 11) is 1.45. The van der Waals surface area contributed by atoms with Crippen LogP contribution in [-0.4, -0.2) is 49.5 Å². The van der Waals surface area contributed by atoms with Crippen LogP contribution >= 0.6 is 0 Å². The van der Waals surface area contributed by atoms with Crippen molar-refractivity contribution < 1.29 is 19.4 Å². The van der Waals surface area contributed by atoms with Gasteiger partial charge in [0.05, 0.1) is 12.7 Å². The molecule has 0 saturated heterocycles. The first-order valence-corrected chi connectivity index (χ1v) is 5.39. The Morgan fingerprint density at radius 2 is 2.00 bits per heavy atom. The fourth-order valence-corrected chi connectivity index (χ4v) is 1.27. The minimum Gasteiger partial charge on any atom is -0.389 e. The normalized spacial score (nSPS) is 14.2. The Labute approximate surface area is 101 Å². The average Bonchev–Trinajstić information content (AvgIpc) is 2.22. The summed E-state index contributed by atoms with van der Waals surface area (Å²) in [6, 6.07) is -1.46. The van der Waals surface area contributed by atoms with Crippen LogP contribution in [0.2, 0.25) is 0 Å². The fraction of sp³-hybridized carbons (Fsp3) is 0.800. The molecule has 0 aliphatic rings. The zero-order valence-electron chi connectivity index (χ0n) is 10.4. The molecule has 0 fully saturated rings. The van der Waals surface area contributed by atoms with Crippen LogP contribution in [0, 0.1) is 5.92 Å². The van der Waals surface area contributed by atoms with E-state index in [-0.39, 0.29) is 25.0 Å². The number of amides is 3. The van der Waals surface area contributed by atoms with E-state index in [1.54, 1.807) is 13.8 Å². The van der Waals surface area contributed by atoms with Crippen molar-refractivity contribution in [3.05, 3.63) is 0 Å². The lowest BCUT2D eigenvalue weighted by Gasteiger charge is -2.21. The van der Waals surface area contributed by atoms with E-state index >= 15 is 0 Å². The fourth-order valence-electron chi connectivity index (χ4n) is 1.27. The Bertz CT molecular complexity index is 258. The number of ether oxygens (including phenoxy) is 1. The molecule has 100 valence electrons. The van der Waals surface area contributed by atoms with Gasteiger partial charge in [0.1, 0.15) is 6.04 Å². The maximum absolute atomic E-state index is 11.7. The third kappa shape index (κ3) is 6.75. The Morgan fingerprint density at radius 1 is 1.41 bits per heavy atom. The van der Waals surface area contributed by atoms with Crippen molar-refractivity contribution in [3.8, 4) is 0 Å². The number of carbonyl (C=O) groups excluding carboxylic acids is 2. The summed E-state index contributed by atoms with van der Waals surface area (Å²) < 4.78 is 4.72. The van der Waals surface area contributed by atoms with Crippen LogP contribution in [0.5, 0.6) is 0 Å². The van der Waals surface area contributed by atoms with Gasteiger partial charge in [0, 0.05) is 13.7 Å². The number of hydrogen-bond acceptors (Lipinski definition) is 4. The van der Waals surface area contributed by atoms with E-state index in [9.17, 15) is 14.7 Å². The van der Waals surface area contributed by atoms with Gasteiger partial charge in [-0.25, -0.2) is 4.79 Å². The first-order chi connectivity index (χ1) is 7.88. The number of hydrogen-bond donors (Lipinski definition) is 4. The molecule has 0 saturated carbocycles. The van der Waals surface area contributed by atoms with Gasteiger partial charge in [0.2, 0.25) is 5.91 Å². The molecular weight excluding hydrogens is 226 g/mol. The third-order valence-electron chi connectivity index (χ3n) is 2.12. The van der Waals surface area contributed by atoms with Gasteiger partial charge in [0.15, 0.2) is 0 Å². The highest BCUT2D eigenvalue weighted by molar-refractivity contribution is 5.86. The molecule has 2 atom stereocenters. The molecule has 2 unspecified atom stereocenters. The summed E-state index contributed by atoms with van der Waals surface area (Å²) in [5.74, 6) is -0.476. The second kappa shape index (κ2) is 7.86. The zero-order valence-corrected chi connectivity index (χ0v) is 10.4. The van der Waals surface area contributed by atoms with E-state index in [0.717, 1.165) is 0 Å². The molecule has 0 aromatic carbocycles. The molecule has 0 heterocycles. The molecule has 0 rings (SSSR count). The van der Waals surface area contributed by atoms with Crippen molar-refractivity contribution >= 4 is 11.9 Å². The Balaban J connectivity index is 4.19. The zero-order chi connectivity index (χ0) is 13.4. The lowest BCUT2D eigenvalue weighted by Crippen LogP contribution is -2.52. The molecule has 0 aliphatic heterocycles. The van der Waals surface area contributed by atoms with E-state index in [2.05, 4.69) is 10.6 Å². The number of primary amides is 1. The molecule has 7 nitrogen and oxygen atoms in total. The van der Waals surface area contributed by atoms with Gasteiger partial charge < -0.3 is 26.2 Å². The van der Waals surface area contributed by atoms with Crippen LogP contribution in [0.3, 0.4) is 0 Å². The van der Waals surface area contributed by atoms with E-state index in [0.29, 0.717) is 0 Å². The number of urea groups is 1. The molecule has 7 heteroatoms. The molecule has 5 N–H and O–H groups in total. The van der Waals surface area contributed by atoms with Gasteiger partial charge in [-0.1, -0.05) is 13.8 Å². The van der Waals surface area contributed by atoms with Crippen LogP contribution in [0.1, 0.15) is 13.8 Å². The van der Waals surface area contributed by atoms with Crippen molar-refractivity contribution in [2.45, 2.75) is 26.0 Å². The molecule has 0 aliphatic carbocycles. The average molecular weight is 247 g/mol. The quantitative estimate of drug-likeness (QED) is 0.452. The summed E-state index contributed by atoms with van der Waals surface area (Å²) >= 11 is 0. The van der Waals surface area contributed by atoms with Gasteiger partial charge in [-0.05, 0) is 5.92 Å². The highest BCUT2D eigenvalue weighted by Crippen LogP contribution is 2.01. The van der Waals surface area contributed by atoms with Crippen molar-refractivity contribution in [2.24, 2.45) is 11.7 Å².